The Morgan fingerprint density at radius 1 is 1.43 bits per heavy atom. The van der Waals surface area contributed by atoms with E-state index >= 15 is 0 Å². The van der Waals surface area contributed by atoms with E-state index in [0.29, 0.717) is 17.3 Å². The summed E-state index contributed by atoms with van der Waals surface area (Å²) in [5, 5.41) is 12.6. The van der Waals surface area contributed by atoms with E-state index in [4.69, 9.17) is 9.63 Å². The van der Waals surface area contributed by atoms with Crippen LogP contribution in [0.5, 0.6) is 5.75 Å². The van der Waals surface area contributed by atoms with Crippen LogP contribution in [-0.2, 0) is 0 Å². The van der Waals surface area contributed by atoms with Crippen molar-refractivity contribution in [1.82, 2.24) is 10.1 Å². The van der Waals surface area contributed by atoms with Gasteiger partial charge < -0.3 is 9.63 Å². The van der Waals surface area contributed by atoms with Crippen molar-refractivity contribution in [1.29, 1.82) is 0 Å². The van der Waals surface area contributed by atoms with E-state index < -0.39 is 11.6 Å². The van der Waals surface area contributed by atoms with Gasteiger partial charge in [-0.15, -0.1) is 0 Å². The van der Waals surface area contributed by atoms with Crippen molar-refractivity contribution in [3.05, 3.63) is 29.9 Å². The Kier molecular flexibility index (Phi) is 1.92. The van der Waals surface area contributed by atoms with E-state index in [2.05, 4.69) is 10.1 Å². The first-order chi connectivity index (χ1) is 6.66. The first kappa shape index (κ1) is 8.68. The molecule has 14 heavy (non-hydrogen) atoms. The second-order valence-corrected chi connectivity index (χ2v) is 2.80. The highest BCUT2D eigenvalue weighted by molar-refractivity contribution is 5.55. The second-order valence-electron chi connectivity index (χ2n) is 2.80. The smallest absolute Gasteiger partial charge is 0.223 e. The summed E-state index contributed by atoms with van der Waals surface area (Å²) < 4.78 is 17.7. The average molecular weight is 194 g/mol. The second kappa shape index (κ2) is 3.10. The van der Waals surface area contributed by atoms with Crippen LogP contribution in [0.1, 0.15) is 5.89 Å². The van der Waals surface area contributed by atoms with Crippen molar-refractivity contribution in [2.24, 2.45) is 0 Å². The molecule has 0 aliphatic heterocycles. The van der Waals surface area contributed by atoms with Gasteiger partial charge in [-0.1, -0.05) is 5.16 Å². The fourth-order valence-electron chi connectivity index (χ4n) is 1.06. The van der Waals surface area contributed by atoms with Crippen molar-refractivity contribution in [3.8, 4) is 17.1 Å². The number of rotatable bonds is 1. The van der Waals surface area contributed by atoms with E-state index in [1.165, 1.54) is 12.1 Å². The molecule has 72 valence electrons. The fourth-order valence-corrected chi connectivity index (χ4v) is 1.06. The van der Waals surface area contributed by atoms with Gasteiger partial charge in [-0.3, -0.25) is 0 Å². The third-order valence-corrected chi connectivity index (χ3v) is 1.73. The summed E-state index contributed by atoms with van der Waals surface area (Å²) >= 11 is 0. The van der Waals surface area contributed by atoms with Gasteiger partial charge in [0.25, 0.3) is 0 Å². The number of aromatic hydroxyl groups is 1. The van der Waals surface area contributed by atoms with Crippen LogP contribution in [0.4, 0.5) is 4.39 Å². The Balaban J connectivity index is 2.47. The van der Waals surface area contributed by atoms with Gasteiger partial charge in [0, 0.05) is 12.5 Å². The lowest BCUT2D eigenvalue weighted by molar-refractivity contribution is 0.394. The summed E-state index contributed by atoms with van der Waals surface area (Å²) in [6, 6.07) is 3.92. The standard InChI is InChI=1S/C9H7FN2O2/c1-5-11-9(12-14-5)6-2-3-8(13)7(10)4-6/h2-4,13H,1H3. The van der Waals surface area contributed by atoms with Gasteiger partial charge in [-0.25, -0.2) is 4.39 Å². The van der Waals surface area contributed by atoms with Crippen molar-refractivity contribution in [2.75, 3.05) is 0 Å². The van der Waals surface area contributed by atoms with Crippen molar-refractivity contribution in [2.45, 2.75) is 6.92 Å². The van der Waals surface area contributed by atoms with Crippen LogP contribution in [0, 0.1) is 12.7 Å². The van der Waals surface area contributed by atoms with E-state index in [0.717, 1.165) is 6.07 Å². The molecule has 2 rings (SSSR count). The predicted octanol–water partition coefficient (Wildman–Crippen LogP) is 1.89. The number of phenolic OH excluding ortho intramolecular Hbond substituents is 1. The van der Waals surface area contributed by atoms with Crippen molar-refractivity contribution in [3.63, 3.8) is 0 Å². The van der Waals surface area contributed by atoms with E-state index in [1.807, 2.05) is 0 Å². The largest absolute Gasteiger partial charge is 0.505 e. The Morgan fingerprint density at radius 3 is 2.79 bits per heavy atom. The number of phenols is 1. The zero-order valence-electron chi connectivity index (χ0n) is 7.36. The highest BCUT2D eigenvalue weighted by atomic mass is 19.1. The van der Waals surface area contributed by atoms with Crippen molar-refractivity contribution >= 4 is 0 Å². The molecule has 0 saturated carbocycles. The Morgan fingerprint density at radius 2 is 2.21 bits per heavy atom. The lowest BCUT2D eigenvalue weighted by Gasteiger charge is -1.96. The van der Waals surface area contributed by atoms with Crippen LogP contribution >= 0.6 is 0 Å². The number of hydrogen-bond acceptors (Lipinski definition) is 4. The normalized spacial score (nSPS) is 10.4. The quantitative estimate of drug-likeness (QED) is 0.753. The number of nitrogens with zero attached hydrogens (tertiary/aromatic N) is 2. The minimum Gasteiger partial charge on any atom is -0.505 e. The fraction of sp³-hybridized carbons (Fsp3) is 0.111. The molecule has 0 fully saturated rings. The summed E-state index contributed by atoms with van der Waals surface area (Å²) in [7, 11) is 0. The summed E-state index contributed by atoms with van der Waals surface area (Å²) in [4.78, 5) is 3.93. The molecule has 1 N–H and O–H groups in total. The number of halogens is 1. The maximum Gasteiger partial charge on any atom is 0.223 e. The third kappa shape index (κ3) is 1.44. The molecule has 2 aromatic rings. The van der Waals surface area contributed by atoms with Gasteiger partial charge in [-0.2, -0.15) is 4.98 Å². The summed E-state index contributed by atoms with van der Waals surface area (Å²) in [5.74, 6) is -0.381. The molecule has 1 aromatic heterocycles. The first-order valence-electron chi connectivity index (χ1n) is 3.96. The third-order valence-electron chi connectivity index (χ3n) is 1.73. The molecule has 1 aromatic carbocycles. The van der Waals surface area contributed by atoms with Crippen LogP contribution in [-0.4, -0.2) is 15.2 Å². The van der Waals surface area contributed by atoms with Gasteiger partial charge in [0.2, 0.25) is 11.7 Å². The molecule has 0 amide bonds. The molecule has 0 aliphatic carbocycles. The molecular weight excluding hydrogens is 187 g/mol. The maximum absolute atomic E-state index is 12.9. The van der Waals surface area contributed by atoms with Gasteiger partial charge in [0.05, 0.1) is 0 Å². The Bertz CT molecular complexity index is 468. The van der Waals surface area contributed by atoms with Crippen LogP contribution in [0.25, 0.3) is 11.4 Å². The van der Waals surface area contributed by atoms with Gasteiger partial charge in [0.15, 0.2) is 11.6 Å². The molecule has 0 atom stereocenters. The van der Waals surface area contributed by atoms with E-state index in [1.54, 1.807) is 6.92 Å². The molecule has 0 radical (unpaired) electrons. The monoisotopic (exact) mass is 194 g/mol. The Hall–Kier alpha value is -1.91. The minimum atomic E-state index is -0.704. The highest BCUT2D eigenvalue weighted by Gasteiger charge is 2.08. The van der Waals surface area contributed by atoms with Crippen LogP contribution in [0.15, 0.2) is 22.7 Å². The SMILES string of the molecule is Cc1nc(-c2ccc(O)c(F)c2)no1. The van der Waals surface area contributed by atoms with Gasteiger partial charge >= 0.3 is 0 Å². The molecule has 0 unspecified atom stereocenters. The maximum atomic E-state index is 12.9. The molecular formula is C9H7FN2O2. The summed E-state index contributed by atoms with van der Waals surface area (Å²) in [5.41, 5.74) is 0.470. The molecule has 0 spiro atoms. The van der Waals surface area contributed by atoms with Crippen molar-refractivity contribution < 1.29 is 14.0 Å². The molecule has 0 aliphatic rings. The number of aromatic nitrogens is 2. The molecule has 0 bridgehead atoms. The van der Waals surface area contributed by atoms with Gasteiger partial charge in [-0.05, 0) is 18.2 Å². The number of hydrogen-bond donors (Lipinski definition) is 1. The van der Waals surface area contributed by atoms with E-state index in [-0.39, 0.29) is 0 Å². The summed E-state index contributed by atoms with van der Waals surface area (Å²) in [6.45, 7) is 1.65. The van der Waals surface area contributed by atoms with Crippen LogP contribution in [0.2, 0.25) is 0 Å². The number of aryl methyl sites for hydroxylation is 1. The minimum absolute atomic E-state index is 0.307. The topological polar surface area (TPSA) is 59.2 Å². The Labute approximate surface area is 79.0 Å². The zero-order chi connectivity index (χ0) is 10.1. The average Bonchev–Trinajstić information content (AvgIpc) is 2.57. The van der Waals surface area contributed by atoms with Crippen LogP contribution in [0.3, 0.4) is 0 Å². The summed E-state index contributed by atoms with van der Waals surface area (Å²) in [6.07, 6.45) is 0. The van der Waals surface area contributed by atoms with E-state index in [9.17, 15) is 4.39 Å². The lowest BCUT2D eigenvalue weighted by Crippen LogP contribution is -1.83. The number of benzene rings is 1. The van der Waals surface area contributed by atoms with Crippen LogP contribution < -0.4 is 0 Å². The lowest BCUT2D eigenvalue weighted by atomic mass is 10.2. The zero-order valence-corrected chi connectivity index (χ0v) is 7.36. The molecule has 4 nitrogen and oxygen atoms in total. The molecule has 0 saturated heterocycles. The molecule has 5 heteroatoms. The van der Waals surface area contributed by atoms with Gasteiger partial charge in [0.1, 0.15) is 0 Å². The highest BCUT2D eigenvalue weighted by Crippen LogP contribution is 2.22. The predicted molar refractivity (Wildman–Crippen MR) is 46.1 cm³/mol. The molecule has 1 heterocycles. The first-order valence-corrected chi connectivity index (χ1v) is 3.96.